The van der Waals surface area contributed by atoms with E-state index in [1.54, 1.807) is 30.2 Å². The Labute approximate surface area is 196 Å². The zero-order chi connectivity index (χ0) is 23.8. The Hall–Kier alpha value is -3.08. The van der Waals surface area contributed by atoms with Gasteiger partial charge in [-0.15, -0.1) is 11.8 Å². The smallest absolute Gasteiger partial charge is 0.409 e. The standard InChI is InChI=1S/C22H28N4O6S/c1-4-30-22(29)26-10-7-16(8-11-26)24-19(27)12-31-21(28)17-6-5-9-23-20(17)33-13-18-14(2)25-32-15(18)3/h5-6,9,16H,4,7-8,10-13H2,1-3H3,(H,24,27). The highest BCUT2D eigenvalue weighted by molar-refractivity contribution is 7.98. The summed E-state index contributed by atoms with van der Waals surface area (Å²) >= 11 is 1.38. The number of thioether (sulfide) groups is 1. The van der Waals surface area contributed by atoms with E-state index in [0.717, 1.165) is 17.0 Å². The fourth-order valence-electron chi connectivity index (χ4n) is 3.41. The number of hydrogen-bond acceptors (Lipinski definition) is 9. The van der Waals surface area contributed by atoms with E-state index >= 15 is 0 Å². The number of likely N-dealkylation sites (tertiary alicyclic amines) is 1. The van der Waals surface area contributed by atoms with E-state index in [4.69, 9.17) is 14.0 Å². The zero-order valence-corrected chi connectivity index (χ0v) is 19.8. The molecule has 2 aromatic rings. The van der Waals surface area contributed by atoms with Crippen molar-refractivity contribution < 1.29 is 28.4 Å². The quantitative estimate of drug-likeness (QED) is 0.452. The number of carbonyl (C=O) groups is 3. The molecule has 11 heteroatoms. The Balaban J connectivity index is 1.47. The molecule has 0 saturated carbocycles. The molecular formula is C22H28N4O6S. The van der Waals surface area contributed by atoms with E-state index in [1.807, 2.05) is 13.8 Å². The van der Waals surface area contributed by atoms with Crippen molar-refractivity contribution >= 4 is 29.7 Å². The van der Waals surface area contributed by atoms with Gasteiger partial charge in [0.1, 0.15) is 10.8 Å². The summed E-state index contributed by atoms with van der Waals surface area (Å²) in [6.07, 6.45) is 2.49. The van der Waals surface area contributed by atoms with Crippen LogP contribution in [0.3, 0.4) is 0 Å². The molecule has 10 nitrogen and oxygen atoms in total. The summed E-state index contributed by atoms with van der Waals surface area (Å²) in [5, 5.41) is 7.30. The van der Waals surface area contributed by atoms with Crippen LogP contribution in [0.2, 0.25) is 0 Å². The van der Waals surface area contributed by atoms with E-state index in [-0.39, 0.29) is 24.6 Å². The lowest BCUT2D eigenvalue weighted by atomic mass is 10.1. The van der Waals surface area contributed by atoms with Gasteiger partial charge in [0.15, 0.2) is 6.61 Å². The number of nitrogens with one attached hydrogen (secondary N) is 1. The van der Waals surface area contributed by atoms with Gasteiger partial charge in [-0.25, -0.2) is 14.6 Å². The maximum absolute atomic E-state index is 12.6. The zero-order valence-electron chi connectivity index (χ0n) is 19.0. The second-order valence-corrected chi connectivity index (χ2v) is 8.52. The van der Waals surface area contributed by atoms with Gasteiger partial charge in [0.2, 0.25) is 0 Å². The molecule has 0 radical (unpaired) electrons. The van der Waals surface area contributed by atoms with Gasteiger partial charge in [-0.2, -0.15) is 0 Å². The van der Waals surface area contributed by atoms with Crippen molar-refractivity contribution in [1.82, 2.24) is 20.4 Å². The molecule has 1 saturated heterocycles. The Morgan fingerprint density at radius 3 is 2.67 bits per heavy atom. The monoisotopic (exact) mass is 476 g/mol. The third-order valence-electron chi connectivity index (χ3n) is 5.25. The maximum Gasteiger partial charge on any atom is 0.409 e. The highest BCUT2D eigenvalue weighted by Gasteiger charge is 2.25. The Kier molecular flexibility index (Phi) is 8.70. The van der Waals surface area contributed by atoms with Crippen LogP contribution < -0.4 is 5.32 Å². The van der Waals surface area contributed by atoms with Gasteiger partial charge in [0.25, 0.3) is 5.91 Å². The molecule has 0 bridgehead atoms. The number of nitrogens with zero attached hydrogens (tertiary/aromatic N) is 3. The average molecular weight is 477 g/mol. The molecule has 1 aliphatic heterocycles. The molecule has 2 amide bonds. The highest BCUT2D eigenvalue weighted by Crippen LogP contribution is 2.27. The minimum atomic E-state index is -0.614. The fraction of sp³-hybridized carbons (Fsp3) is 0.500. The molecule has 1 aliphatic rings. The second-order valence-electron chi connectivity index (χ2n) is 7.55. The summed E-state index contributed by atoms with van der Waals surface area (Å²) in [6.45, 7) is 6.41. The Bertz CT molecular complexity index is 968. The largest absolute Gasteiger partial charge is 0.452 e. The number of aromatic nitrogens is 2. The summed E-state index contributed by atoms with van der Waals surface area (Å²) in [5.41, 5.74) is 2.05. The van der Waals surface area contributed by atoms with Gasteiger partial charge in [-0.05, 0) is 45.7 Å². The molecule has 1 N–H and O–H groups in total. The van der Waals surface area contributed by atoms with Gasteiger partial charge in [-0.3, -0.25) is 4.79 Å². The lowest BCUT2D eigenvalue weighted by molar-refractivity contribution is -0.125. The number of amides is 2. The van der Waals surface area contributed by atoms with E-state index in [9.17, 15) is 14.4 Å². The van der Waals surface area contributed by atoms with E-state index in [2.05, 4.69) is 15.5 Å². The number of ether oxygens (including phenoxy) is 2. The first-order chi connectivity index (χ1) is 15.9. The van der Waals surface area contributed by atoms with E-state index in [1.165, 1.54) is 11.8 Å². The van der Waals surface area contributed by atoms with Crippen LogP contribution in [0.15, 0.2) is 27.9 Å². The first kappa shape index (κ1) is 24.6. The number of rotatable bonds is 8. The molecule has 3 heterocycles. The van der Waals surface area contributed by atoms with Crippen LogP contribution in [-0.4, -0.2) is 65.4 Å². The molecule has 33 heavy (non-hydrogen) atoms. The molecule has 1 fully saturated rings. The summed E-state index contributed by atoms with van der Waals surface area (Å²) in [7, 11) is 0. The van der Waals surface area contributed by atoms with Crippen LogP contribution in [0.4, 0.5) is 4.79 Å². The Morgan fingerprint density at radius 2 is 2.00 bits per heavy atom. The topological polar surface area (TPSA) is 124 Å². The van der Waals surface area contributed by atoms with Crippen molar-refractivity contribution in [3.8, 4) is 0 Å². The van der Waals surface area contributed by atoms with E-state index < -0.39 is 5.97 Å². The van der Waals surface area contributed by atoms with Crippen LogP contribution in [0, 0.1) is 13.8 Å². The van der Waals surface area contributed by atoms with Crippen LogP contribution >= 0.6 is 11.8 Å². The van der Waals surface area contributed by atoms with Gasteiger partial charge < -0.3 is 24.2 Å². The maximum atomic E-state index is 12.6. The van der Waals surface area contributed by atoms with Crippen LogP contribution in [0.5, 0.6) is 0 Å². The minimum absolute atomic E-state index is 0.0820. The van der Waals surface area contributed by atoms with Crippen LogP contribution in [0.25, 0.3) is 0 Å². The van der Waals surface area contributed by atoms with Gasteiger partial charge >= 0.3 is 12.1 Å². The predicted molar refractivity (Wildman–Crippen MR) is 120 cm³/mol. The van der Waals surface area contributed by atoms with Crippen LogP contribution in [-0.2, 0) is 20.0 Å². The number of pyridine rings is 1. The third kappa shape index (κ3) is 6.70. The molecule has 0 atom stereocenters. The van der Waals surface area contributed by atoms with Crippen molar-refractivity contribution in [2.75, 3.05) is 26.3 Å². The van der Waals surface area contributed by atoms with Crippen LogP contribution in [0.1, 0.15) is 47.1 Å². The molecule has 0 aromatic carbocycles. The molecular weight excluding hydrogens is 448 g/mol. The SMILES string of the molecule is CCOC(=O)N1CCC(NC(=O)COC(=O)c2cccnc2SCc2c(C)noc2C)CC1. The number of aryl methyl sites for hydroxylation is 2. The molecule has 0 aliphatic carbocycles. The lowest BCUT2D eigenvalue weighted by Crippen LogP contribution is -2.47. The average Bonchev–Trinajstić information content (AvgIpc) is 3.14. The lowest BCUT2D eigenvalue weighted by Gasteiger charge is -2.31. The van der Waals surface area contributed by atoms with Crippen molar-refractivity contribution in [3.63, 3.8) is 0 Å². The number of carbonyl (C=O) groups excluding carboxylic acids is 3. The number of piperidine rings is 1. The first-order valence-electron chi connectivity index (χ1n) is 10.8. The Morgan fingerprint density at radius 1 is 1.24 bits per heavy atom. The molecule has 2 aromatic heterocycles. The van der Waals surface area contributed by atoms with Crippen molar-refractivity contribution in [2.45, 2.75) is 50.4 Å². The fourth-order valence-corrected chi connectivity index (χ4v) is 4.54. The normalized spacial score (nSPS) is 14.1. The second kappa shape index (κ2) is 11.7. The van der Waals surface area contributed by atoms with Gasteiger partial charge in [0, 0.05) is 36.6 Å². The first-order valence-corrected chi connectivity index (χ1v) is 11.7. The molecule has 178 valence electrons. The predicted octanol–water partition coefficient (Wildman–Crippen LogP) is 2.87. The summed E-state index contributed by atoms with van der Waals surface area (Å²) < 4.78 is 15.4. The third-order valence-corrected chi connectivity index (χ3v) is 6.28. The molecule has 0 spiro atoms. The minimum Gasteiger partial charge on any atom is -0.452 e. The molecule has 0 unspecified atom stereocenters. The number of esters is 1. The highest BCUT2D eigenvalue weighted by atomic mass is 32.2. The van der Waals surface area contributed by atoms with Crippen molar-refractivity contribution in [3.05, 3.63) is 40.9 Å². The summed E-state index contributed by atoms with van der Waals surface area (Å²) in [6, 6.07) is 3.18. The van der Waals surface area contributed by atoms with Gasteiger partial charge in [-0.1, -0.05) is 5.16 Å². The molecule has 3 rings (SSSR count). The van der Waals surface area contributed by atoms with Crippen molar-refractivity contribution in [2.24, 2.45) is 0 Å². The van der Waals surface area contributed by atoms with Gasteiger partial charge in [0.05, 0.1) is 17.9 Å². The summed E-state index contributed by atoms with van der Waals surface area (Å²) in [5.74, 6) is 0.275. The summed E-state index contributed by atoms with van der Waals surface area (Å²) in [4.78, 5) is 42.5. The van der Waals surface area contributed by atoms with Crippen molar-refractivity contribution in [1.29, 1.82) is 0 Å². The van der Waals surface area contributed by atoms with E-state index in [0.29, 0.717) is 48.9 Å². The number of hydrogen-bond donors (Lipinski definition) is 1.